The number of nitrogens with one attached hydrogen (secondary N) is 1. The first-order valence-electron chi connectivity index (χ1n) is 8.75. The van der Waals surface area contributed by atoms with Gasteiger partial charge in [0.15, 0.2) is 5.13 Å². The highest BCUT2D eigenvalue weighted by Crippen LogP contribution is 2.35. The van der Waals surface area contributed by atoms with Crippen molar-refractivity contribution in [3.8, 4) is 10.6 Å². The van der Waals surface area contributed by atoms with Crippen LogP contribution >= 0.6 is 45.9 Å². The number of rotatable bonds is 7. The number of pyridine rings is 1. The largest absolute Gasteiger partial charge is 0.469 e. The highest BCUT2D eigenvalue weighted by molar-refractivity contribution is 7.17. The summed E-state index contributed by atoms with van der Waals surface area (Å²) in [6, 6.07) is 3.38. The van der Waals surface area contributed by atoms with Gasteiger partial charge in [0.2, 0.25) is 0 Å². The number of nitrogens with zero attached hydrogens (tertiary/aromatic N) is 3. The molecule has 3 heterocycles. The molecular weight excluding hydrogens is 467 g/mol. The average Bonchev–Trinajstić information content (AvgIpc) is 3.30. The van der Waals surface area contributed by atoms with Gasteiger partial charge in [-0.05, 0) is 19.1 Å². The number of methoxy groups -OCH3 is 1. The lowest BCUT2D eigenvalue weighted by molar-refractivity contribution is -0.140. The first-order chi connectivity index (χ1) is 14.3. The van der Waals surface area contributed by atoms with Gasteiger partial charge in [0.05, 0.1) is 39.7 Å². The Bertz CT molecular complexity index is 1080. The zero-order valence-corrected chi connectivity index (χ0v) is 19.5. The van der Waals surface area contributed by atoms with Crippen molar-refractivity contribution in [3.05, 3.63) is 44.2 Å². The first kappa shape index (κ1) is 22.5. The van der Waals surface area contributed by atoms with E-state index in [1.807, 2.05) is 18.4 Å². The van der Waals surface area contributed by atoms with Gasteiger partial charge < -0.3 is 9.64 Å². The number of ether oxygens (including phenoxy) is 1. The molecule has 3 rings (SSSR count). The Labute approximate surface area is 191 Å². The second kappa shape index (κ2) is 9.74. The smallest absolute Gasteiger partial charge is 0.307 e. The van der Waals surface area contributed by atoms with Crippen molar-refractivity contribution in [3.63, 3.8) is 0 Å². The van der Waals surface area contributed by atoms with Crippen LogP contribution in [0.3, 0.4) is 0 Å². The third-order valence-corrected chi connectivity index (χ3v) is 6.59. The van der Waals surface area contributed by atoms with Crippen LogP contribution in [-0.2, 0) is 9.53 Å². The molecule has 1 N–H and O–H groups in total. The van der Waals surface area contributed by atoms with Gasteiger partial charge in [-0.2, -0.15) is 0 Å². The number of carbonyl (C=O) groups excluding carboxylic acids is 2. The highest BCUT2D eigenvalue weighted by Gasteiger charge is 2.17. The third kappa shape index (κ3) is 5.28. The number of aryl methyl sites for hydroxylation is 1. The number of thiophene rings is 1. The molecule has 3 aromatic rings. The summed E-state index contributed by atoms with van der Waals surface area (Å²) in [5.74, 6) is -0.214. The fourth-order valence-corrected chi connectivity index (χ4v) is 4.91. The lowest BCUT2D eigenvalue weighted by Crippen LogP contribution is -2.23. The normalized spacial score (nSPS) is 10.7. The molecular formula is C19H18Cl2N4O3S2. The molecule has 0 aromatic carbocycles. The molecule has 0 saturated heterocycles. The van der Waals surface area contributed by atoms with E-state index in [1.165, 1.54) is 42.0 Å². The van der Waals surface area contributed by atoms with Crippen LogP contribution in [0.4, 0.5) is 10.9 Å². The maximum Gasteiger partial charge on any atom is 0.307 e. The zero-order chi connectivity index (χ0) is 21.8. The number of thiazole rings is 1. The summed E-state index contributed by atoms with van der Waals surface area (Å²) >= 11 is 15.2. The number of amides is 1. The molecule has 0 unspecified atom stereocenters. The maximum absolute atomic E-state index is 12.6. The number of anilines is 2. The molecule has 30 heavy (non-hydrogen) atoms. The monoisotopic (exact) mass is 484 g/mol. The summed E-state index contributed by atoms with van der Waals surface area (Å²) in [7, 11) is 3.09. The lowest BCUT2D eigenvalue weighted by atomic mass is 10.2. The second-order valence-electron chi connectivity index (χ2n) is 6.28. The predicted octanol–water partition coefficient (Wildman–Crippen LogP) is 5.13. The topological polar surface area (TPSA) is 84.4 Å². The van der Waals surface area contributed by atoms with Crippen molar-refractivity contribution >= 4 is 68.7 Å². The van der Waals surface area contributed by atoms with E-state index >= 15 is 0 Å². The van der Waals surface area contributed by atoms with Gasteiger partial charge in [0, 0.05) is 30.0 Å². The molecule has 0 atom stereocenters. The molecule has 7 nitrogen and oxygen atoms in total. The number of halogens is 2. The van der Waals surface area contributed by atoms with Crippen LogP contribution in [0.1, 0.15) is 21.7 Å². The van der Waals surface area contributed by atoms with Gasteiger partial charge in [-0.25, -0.2) is 9.97 Å². The molecule has 0 saturated carbocycles. The number of hydrogen-bond acceptors (Lipinski definition) is 8. The fourth-order valence-electron chi connectivity index (χ4n) is 2.59. The Balaban J connectivity index is 1.70. The molecule has 0 aliphatic rings. The Hall–Kier alpha value is -2.20. The zero-order valence-electron chi connectivity index (χ0n) is 16.4. The average molecular weight is 485 g/mol. The summed E-state index contributed by atoms with van der Waals surface area (Å²) in [5.41, 5.74) is 1.10. The summed E-state index contributed by atoms with van der Waals surface area (Å²) in [5, 5.41) is 6.07. The Kier molecular flexibility index (Phi) is 7.30. The molecule has 0 radical (unpaired) electrons. The van der Waals surface area contributed by atoms with Crippen molar-refractivity contribution in [1.29, 1.82) is 0 Å². The summed E-state index contributed by atoms with van der Waals surface area (Å²) < 4.78 is 4.63. The van der Waals surface area contributed by atoms with Crippen LogP contribution in [-0.4, -0.2) is 42.5 Å². The van der Waals surface area contributed by atoms with E-state index in [0.29, 0.717) is 33.1 Å². The molecule has 0 aliphatic carbocycles. The third-order valence-electron chi connectivity index (χ3n) is 4.14. The molecule has 0 bridgehead atoms. The van der Waals surface area contributed by atoms with Crippen molar-refractivity contribution in [1.82, 2.24) is 9.97 Å². The van der Waals surface area contributed by atoms with Crippen molar-refractivity contribution in [2.45, 2.75) is 13.3 Å². The van der Waals surface area contributed by atoms with Gasteiger partial charge in [-0.15, -0.1) is 22.7 Å². The van der Waals surface area contributed by atoms with Gasteiger partial charge in [-0.1, -0.05) is 23.2 Å². The molecule has 3 aromatic heterocycles. The van der Waals surface area contributed by atoms with Gasteiger partial charge >= 0.3 is 5.97 Å². The van der Waals surface area contributed by atoms with Crippen molar-refractivity contribution in [2.75, 3.05) is 30.9 Å². The Morgan fingerprint density at radius 2 is 2.07 bits per heavy atom. The SMILES string of the molecule is COC(=O)CCN(C)c1ncc(C(=O)Nc2nc(-c3cc(Cl)cs3)c(C)s2)cc1Cl. The van der Waals surface area contributed by atoms with Crippen LogP contribution < -0.4 is 10.2 Å². The standard InChI is InChI=1S/C19H18Cl2N4O3S2/c1-10-16(14-7-12(20)9-29-14)23-19(30-10)24-18(27)11-6-13(21)17(22-8-11)25(2)5-4-15(26)28-3/h6-9H,4-5H2,1-3H3,(H,23,24,27). The minimum Gasteiger partial charge on any atom is -0.469 e. The van der Waals surface area contributed by atoms with E-state index in [9.17, 15) is 9.59 Å². The number of aromatic nitrogens is 2. The lowest BCUT2D eigenvalue weighted by Gasteiger charge is -2.19. The maximum atomic E-state index is 12.6. The van der Waals surface area contributed by atoms with Crippen LogP contribution in [0.25, 0.3) is 10.6 Å². The molecule has 1 amide bonds. The number of esters is 1. The molecule has 0 aliphatic heterocycles. The Morgan fingerprint density at radius 1 is 1.30 bits per heavy atom. The van der Waals surface area contributed by atoms with E-state index in [4.69, 9.17) is 23.2 Å². The molecule has 0 spiro atoms. The van der Waals surface area contributed by atoms with E-state index in [1.54, 1.807) is 11.9 Å². The van der Waals surface area contributed by atoms with Crippen LogP contribution in [0, 0.1) is 6.92 Å². The van der Waals surface area contributed by atoms with Crippen molar-refractivity contribution in [2.24, 2.45) is 0 Å². The van der Waals surface area contributed by atoms with E-state index in [2.05, 4.69) is 20.0 Å². The Morgan fingerprint density at radius 3 is 2.70 bits per heavy atom. The van der Waals surface area contributed by atoms with Crippen molar-refractivity contribution < 1.29 is 14.3 Å². The molecule has 0 fully saturated rings. The van der Waals surface area contributed by atoms with Crippen LogP contribution in [0.2, 0.25) is 10.0 Å². The molecule has 158 valence electrons. The summed E-state index contributed by atoms with van der Waals surface area (Å²) in [6.45, 7) is 2.33. The van der Waals surface area contributed by atoms with E-state index < -0.39 is 0 Å². The van der Waals surface area contributed by atoms with Crippen LogP contribution in [0.15, 0.2) is 23.7 Å². The summed E-state index contributed by atoms with van der Waals surface area (Å²) in [6.07, 6.45) is 1.64. The first-order valence-corrected chi connectivity index (χ1v) is 11.2. The summed E-state index contributed by atoms with van der Waals surface area (Å²) in [4.78, 5) is 36.3. The van der Waals surface area contributed by atoms with E-state index in [0.717, 1.165) is 15.4 Å². The second-order valence-corrected chi connectivity index (χ2v) is 9.24. The minimum atomic E-state index is -0.363. The van der Waals surface area contributed by atoms with Gasteiger partial charge in [-0.3, -0.25) is 14.9 Å². The molecule has 11 heteroatoms. The highest BCUT2D eigenvalue weighted by atomic mass is 35.5. The van der Waals surface area contributed by atoms with Gasteiger partial charge in [0.25, 0.3) is 5.91 Å². The quantitative estimate of drug-likeness (QED) is 0.467. The number of carbonyl (C=O) groups is 2. The minimum absolute atomic E-state index is 0.203. The predicted molar refractivity (Wildman–Crippen MR) is 122 cm³/mol. The number of hydrogen-bond donors (Lipinski definition) is 1. The van der Waals surface area contributed by atoms with Gasteiger partial charge in [0.1, 0.15) is 5.82 Å². The van der Waals surface area contributed by atoms with Crippen LogP contribution in [0.5, 0.6) is 0 Å². The van der Waals surface area contributed by atoms with E-state index in [-0.39, 0.29) is 18.3 Å². The fraction of sp³-hybridized carbons (Fsp3) is 0.263.